The fraction of sp³-hybridized carbons (Fsp3) is 0. The number of pyridine rings is 1. The van der Waals surface area contributed by atoms with Crippen LogP contribution in [-0.2, 0) is 0 Å². The molecule has 100 valence electrons. The van der Waals surface area contributed by atoms with E-state index in [9.17, 15) is 8.78 Å². The van der Waals surface area contributed by atoms with Gasteiger partial charge in [0, 0.05) is 17.0 Å². The summed E-state index contributed by atoms with van der Waals surface area (Å²) in [7, 11) is 0. The van der Waals surface area contributed by atoms with Crippen LogP contribution in [0.4, 0.5) is 8.78 Å². The predicted molar refractivity (Wildman–Crippen MR) is 79.8 cm³/mol. The lowest BCUT2D eigenvalue weighted by Gasteiger charge is -2.08. The molecule has 0 N–H and O–H groups in total. The lowest BCUT2D eigenvalue weighted by molar-refractivity contribution is 0.586. The van der Waals surface area contributed by atoms with Crippen LogP contribution in [0.25, 0.3) is 22.2 Å². The number of hydrogen-bond acceptors (Lipinski definition) is 1. The number of fused-ring (bicyclic) bond motifs is 1. The van der Waals surface area contributed by atoms with Crippen molar-refractivity contribution in [3.05, 3.63) is 63.6 Å². The van der Waals surface area contributed by atoms with Crippen LogP contribution in [0.1, 0.15) is 0 Å². The van der Waals surface area contributed by atoms with Gasteiger partial charge in [-0.15, -0.1) is 0 Å². The van der Waals surface area contributed by atoms with Crippen molar-refractivity contribution in [3.8, 4) is 11.3 Å². The first-order chi connectivity index (χ1) is 9.58. The van der Waals surface area contributed by atoms with Gasteiger partial charge in [0.25, 0.3) is 0 Å². The van der Waals surface area contributed by atoms with Gasteiger partial charge in [-0.1, -0.05) is 41.9 Å². The molecule has 0 aliphatic rings. The first-order valence-corrected chi connectivity index (χ1v) is 6.94. The minimum absolute atomic E-state index is 0.0460. The third kappa shape index (κ3) is 2.19. The molecule has 1 heterocycles. The normalized spacial score (nSPS) is 11.0. The van der Waals surface area contributed by atoms with E-state index in [-0.39, 0.29) is 20.4 Å². The van der Waals surface area contributed by atoms with E-state index in [0.717, 1.165) is 11.6 Å². The molecule has 0 bridgehead atoms. The Kier molecular flexibility index (Phi) is 3.44. The molecule has 1 aromatic heterocycles. The summed E-state index contributed by atoms with van der Waals surface area (Å²) in [4.78, 5) is 4.25. The zero-order chi connectivity index (χ0) is 14.3. The second kappa shape index (κ2) is 5.11. The van der Waals surface area contributed by atoms with Crippen molar-refractivity contribution in [2.75, 3.05) is 0 Å². The molecule has 0 spiro atoms. The Morgan fingerprint density at radius 1 is 1.00 bits per heavy atom. The average Bonchev–Trinajstić information content (AvgIpc) is 2.45. The van der Waals surface area contributed by atoms with Crippen molar-refractivity contribution in [1.82, 2.24) is 4.98 Å². The fourth-order valence-electron chi connectivity index (χ4n) is 2.01. The molecular weight excluding hydrogens is 348 g/mol. The average molecular weight is 355 g/mol. The van der Waals surface area contributed by atoms with Gasteiger partial charge >= 0.3 is 0 Å². The largest absolute Gasteiger partial charge is 0.245 e. The Hall–Kier alpha value is -1.52. The standard InChI is InChI=1S/C15H7BrClF2N/c16-14-10(18)7-11(19)15-13(14)9(17)6-12(20-15)8-4-2-1-3-5-8/h1-7H. The topological polar surface area (TPSA) is 12.9 Å². The minimum Gasteiger partial charge on any atom is -0.245 e. The molecule has 5 heteroatoms. The van der Waals surface area contributed by atoms with E-state index >= 15 is 0 Å². The molecular formula is C15H7BrClF2N. The van der Waals surface area contributed by atoms with E-state index in [1.54, 1.807) is 6.07 Å². The Morgan fingerprint density at radius 2 is 1.70 bits per heavy atom. The van der Waals surface area contributed by atoms with Crippen LogP contribution in [0.2, 0.25) is 5.02 Å². The summed E-state index contributed by atoms with van der Waals surface area (Å²) in [5.41, 5.74) is 1.40. The molecule has 0 aliphatic heterocycles. The lowest BCUT2D eigenvalue weighted by atomic mass is 10.1. The van der Waals surface area contributed by atoms with Crippen molar-refractivity contribution in [1.29, 1.82) is 0 Å². The van der Waals surface area contributed by atoms with Crippen LogP contribution in [0.5, 0.6) is 0 Å². The molecule has 3 rings (SSSR count). The number of benzene rings is 2. The van der Waals surface area contributed by atoms with Gasteiger partial charge in [0.15, 0.2) is 5.82 Å². The molecule has 20 heavy (non-hydrogen) atoms. The summed E-state index contributed by atoms with van der Waals surface area (Å²) in [5.74, 6) is -1.44. The van der Waals surface area contributed by atoms with Crippen molar-refractivity contribution >= 4 is 38.4 Å². The van der Waals surface area contributed by atoms with Crippen LogP contribution >= 0.6 is 27.5 Å². The Labute approximate surface area is 127 Å². The number of nitrogens with zero attached hydrogens (tertiary/aromatic N) is 1. The zero-order valence-corrected chi connectivity index (χ0v) is 12.3. The van der Waals surface area contributed by atoms with E-state index in [2.05, 4.69) is 20.9 Å². The maximum atomic E-state index is 13.9. The van der Waals surface area contributed by atoms with Crippen molar-refractivity contribution in [3.63, 3.8) is 0 Å². The van der Waals surface area contributed by atoms with Crippen molar-refractivity contribution in [2.24, 2.45) is 0 Å². The van der Waals surface area contributed by atoms with Gasteiger partial charge in [-0.05, 0) is 22.0 Å². The molecule has 1 nitrogen and oxygen atoms in total. The maximum Gasteiger partial charge on any atom is 0.152 e. The molecule has 0 radical (unpaired) electrons. The first kappa shape index (κ1) is 13.5. The van der Waals surface area contributed by atoms with Gasteiger partial charge in [0.05, 0.1) is 15.2 Å². The van der Waals surface area contributed by atoms with Gasteiger partial charge < -0.3 is 0 Å². The second-order valence-corrected chi connectivity index (χ2v) is 5.43. The highest BCUT2D eigenvalue weighted by atomic mass is 79.9. The van der Waals surface area contributed by atoms with Crippen molar-refractivity contribution in [2.45, 2.75) is 0 Å². The summed E-state index contributed by atoms with van der Waals surface area (Å²) in [6.45, 7) is 0. The number of aromatic nitrogens is 1. The number of hydrogen-bond donors (Lipinski definition) is 0. The summed E-state index contributed by atoms with van der Waals surface area (Å²) in [6, 6.07) is 11.7. The molecule has 0 aliphatic carbocycles. The molecule has 0 saturated carbocycles. The monoisotopic (exact) mass is 353 g/mol. The minimum atomic E-state index is -0.736. The molecule has 2 aromatic carbocycles. The predicted octanol–water partition coefficient (Wildman–Crippen LogP) is 5.60. The Morgan fingerprint density at radius 3 is 2.40 bits per heavy atom. The zero-order valence-electron chi connectivity index (χ0n) is 10.0. The van der Waals surface area contributed by atoms with E-state index in [1.807, 2.05) is 30.3 Å². The highest BCUT2D eigenvalue weighted by Crippen LogP contribution is 2.35. The third-order valence-electron chi connectivity index (χ3n) is 2.95. The molecule has 0 unspecified atom stereocenters. The third-order valence-corrected chi connectivity index (χ3v) is 4.02. The number of rotatable bonds is 1. The van der Waals surface area contributed by atoms with Crippen LogP contribution < -0.4 is 0 Å². The summed E-state index contributed by atoms with van der Waals surface area (Å²) in [5, 5.41) is 0.489. The molecule has 0 atom stereocenters. The van der Waals surface area contributed by atoms with E-state index in [1.165, 1.54) is 0 Å². The Bertz CT molecular complexity index is 806. The smallest absolute Gasteiger partial charge is 0.152 e. The van der Waals surface area contributed by atoms with Crippen molar-refractivity contribution < 1.29 is 8.78 Å². The van der Waals surface area contributed by atoms with Crippen LogP contribution in [-0.4, -0.2) is 4.98 Å². The SMILES string of the molecule is Fc1cc(F)c2nc(-c3ccccc3)cc(Cl)c2c1Br. The lowest BCUT2D eigenvalue weighted by Crippen LogP contribution is -1.93. The molecule has 3 aromatic rings. The Balaban J connectivity index is 2.36. The fourth-order valence-corrected chi connectivity index (χ4v) is 2.93. The van der Waals surface area contributed by atoms with E-state index in [4.69, 9.17) is 11.6 Å². The van der Waals surface area contributed by atoms with E-state index in [0.29, 0.717) is 5.69 Å². The van der Waals surface area contributed by atoms with Gasteiger partial charge in [-0.3, -0.25) is 0 Å². The molecule has 0 amide bonds. The summed E-state index contributed by atoms with van der Waals surface area (Å²) < 4.78 is 27.6. The maximum absolute atomic E-state index is 13.9. The van der Waals surface area contributed by atoms with Gasteiger partial charge in [-0.2, -0.15) is 0 Å². The summed E-state index contributed by atoms with van der Waals surface area (Å²) >= 11 is 9.24. The number of halogens is 4. The van der Waals surface area contributed by atoms with Gasteiger partial charge in [-0.25, -0.2) is 13.8 Å². The second-order valence-electron chi connectivity index (χ2n) is 4.23. The van der Waals surface area contributed by atoms with Crippen LogP contribution in [0.15, 0.2) is 46.9 Å². The van der Waals surface area contributed by atoms with Crippen LogP contribution in [0, 0.1) is 11.6 Å². The quantitative estimate of drug-likeness (QED) is 0.519. The molecule has 0 saturated heterocycles. The van der Waals surface area contributed by atoms with Gasteiger partial charge in [0.1, 0.15) is 11.3 Å². The summed E-state index contributed by atoms with van der Waals surface area (Å²) in [6.07, 6.45) is 0. The van der Waals surface area contributed by atoms with Gasteiger partial charge in [0.2, 0.25) is 0 Å². The highest BCUT2D eigenvalue weighted by molar-refractivity contribution is 9.10. The van der Waals surface area contributed by atoms with E-state index < -0.39 is 11.6 Å². The first-order valence-electron chi connectivity index (χ1n) is 5.77. The van der Waals surface area contributed by atoms with Crippen LogP contribution in [0.3, 0.4) is 0 Å². The molecule has 0 fully saturated rings. The highest BCUT2D eigenvalue weighted by Gasteiger charge is 2.16.